The number of rotatable bonds is 8. The molecule has 0 aliphatic heterocycles. The number of nitrogens with zero attached hydrogens (tertiary/aromatic N) is 1. The van der Waals surface area contributed by atoms with E-state index in [4.69, 9.17) is 10.5 Å². The van der Waals surface area contributed by atoms with Crippen LogP contribution in [0.15, 0.2) is 54.6 Å². The molecule has 144 valence electrons. The Kier molecular flexibility index (Phi) is 6.81. The van der Waals surface area contributed by atoms with Gasteiger partial charge in [-0.3, -0.25) is 9.59 Å². The van der Waals surface area contributed by atoms with Crippen molar-refractivity contribution in [2.75, 3.05) is 13.2 Å². The third kappa shape index (κ3) is 6.32. The van der Waals surface area contributed by atoms with Crippen LogP contribution in [0, 0.1) is 0 Å². The van der Waals surface area contributed by atoms with Gasteiger partial charge in [0.25, 0.3) is 5.91 Å². The zero-order valence-electron chi connectivity index (χ0n) is 14.4. The van der Waals surface area contributed by atoms with Crippen LogP contribution in [0.25, 0.3) is 0 Å². The van der Waals surface area contributed by atoms with Gasteiger partial charge >= 0.3 is 6.18 Å². The molecule has 0 bridgehead atoms. The fraction of sp³-hybridized carbons (Fsp3) is 0.263. The Morgan fingerprint density at radius 1 is 1.00 bits per heavy atom. The third-order valence-corrected chi connectivity index (χ3v) is 3.74. The maximum Gasteiger partial charge on any atom is 0.419 e. The molecule has 0 atom stereocenters. The Morgan fingerprint density at radius 3 is 2.26 bits per heavy atom. The molecule has 0 aliphatic rings. The molecule has 0 heterocycles. The maximum absolute atomic E-state index is 13.0. The van der Waals surface area contributed by atoms with Crippen LogP contribution in [-0.2, 0) is 22.3 Å². The van der Waals surface area contributed by atoms with Gasteiger partial charge in [0.1, 0.15) is 5.75 Å². The van der Waals surface area contributed by atoms with E-state index in [9.17, 15) is 22.8 Å². The van der Waals surface area contributed by atoms with E-state index >= 15 is 0 Å². The molecule has 0 saturated heterocycles. The number of halogens is 3. The van der Waals surface area contributed by atoms with Gasteiger partial charge in [0.05, 0.1) is 5.56 Å². The van der Waals surface area contributed by atoms with E-state index in [-0.39, 0.29) is 19.5 Å². The van der Waals surface area contributed by atoms with Crippen molar-refractivity contribution in [1.29, 1.82) is 0 Å². The lowest BCUT2D eigenvalue weighted by atomic mass is 10.2. The minimum Gasteiger partial charge on any atom is -0.483 e. The van der Waals surface area contributed by atoms with Crippen LogP contribution in [-0.4, -0.2) is 29.9 Å². The largest absolute Gasteiger partial charge is 0.483 e. The summed E-state index contributed by atoms with van der Waals surface area (Å²) < 4.78 is 44.1. The number of benzene rings is 2. The number of alkyl halides is 3. The van der Waals surface area contributed by atoms with Crippen molar-refractivity contribution in [3.63, 3.8) is 0 Å². The third-order valence-electron chi connectivity index (χ3n) is 3.74. The molecule has 2 N–H and O–H groups in total. The number of hydrogen-bond acceptors (Lipinski definition) is 3. The smallest absolute Gasteiger partial charge is 0.419 e. The van der Waals surface area contributed by atoms with Crippen molar-refractivity contribution in [3.05, 3.63) is 65.7 Å². The van der Waals surface area contributed by atoms with Gasteiger partial charge in [-0.05, 0) is 17.7 Å². The van der Waals surface area contributed by atoms with Gasteiger partial charge in [-0.15, -0.1) is 0 Å². The highest BCUT2D eigenvalue weighted by atomic mass is 19.4. The van der Waals surface area contributed by atoms with E-state index in [1.54, 1.807) is 24.3 Å². The van der Waals surface area contributed by atoms with Gasteiger partial charge in [0.2, 0.25) is 5.91 Å². The number of carbonyl (C=O) groups excluding carboxylic acids is 2. The first-order valence-corrected chi connectivity index (χ1v) is 8.16. The van der Waals surface area contributed by atoms with E-state index < -0.39 is 35.9 Å². The molecular formula is C19H19F3N2O3. The van der Waals surface area contributed by atoms with Crippen molar-refractivity contribution >= 4 is 11.8 Å². The zero-order chi connectivity index (χ0) is 19.9. The van der Waals surface area contributed by atoms with Gasteiger partial charge in [0, 0.05) is 19.5 Å². The van der Waals surface area contributed by atoms with E-state index in [2.05, 4.69) is 0 Å². The van der Waals surface area contributed by atoms with Gasteiger partial charge in [-0.2, -0.15) is 13.2 Å². The molecule has 0 saturated carbocycles. The summed E-state index contributed by atoms with van der Waals surface area (Å²) >= 11 is 0. The minimum absolute atomic E-state index is 0.0489. The van der Waals surface area contributed by atoms with Crippen LogP contribution in [0.2, 0.25) is 0 Å². The zero-order valence-corrected chi connectivity index (χ0v) is 14.4. The lowest BCUT2D eigenvalue weighted by Crippen LogP contribution is -2.37. The number of carbonyl (C=O) groups is 2. The lowest BCUT2D eigenvalue weighted by Gasteiger charge is -2.23. The molecule has 5 nitrogen and oxygen atoms in total. The standard InChI is InChI=1S/C19H19F3N2O3/c20-19(21,22)15-8-4-5-9-16(15)27-13-18(26)24(11-10-17(23)25)12-14-6-2-1-3-7-14/h1-9H,10-13H2,(H2,23,25). The molecule has 2 aromatic rings. The molecule has 27 heavy (non-hydrogen) atoms. The number of ether oxygens (including phenoxy) is 1. The first-order chi connectivity index (χ1) is 12.8. The Morgan fingerprint density at radius 2 is 1.63 bits per heavy atom. The highest BCUT2D eigenvalue weighted by molar-refractivity contribution is 5.79. The highest BCUT2D eigenvalue weighted by Gasteiger charge is 2.34. The summed E-state index contributed by atoms with van der Waals surface area (Å²) in [6.45, 7) is -0.344. The predicted molar refractivity (Wildman–Crippen MR) is 92.6 cm³/mol. The number of hydrogen-bond donors (Lipinski definition) is 1. The monoisotopic (exact) mass is 380 g/mol. The van der Waals surface area contributed by atoms with Gasteiger partial charge in [0.15, 0.2) is 6.61 Å². The van der Waals surface area contributed by atoms with Crippen LogP contribution in [0.1, 0.15) is 17.5 Å². The van der Waals surface area contributed by atoms with Crippen molar-refractivity contribution in [2.45, 2.75) is 19.1 Å². The molecule has 0 fully saturated rings. The van der Waals surface area contributed by atoms with Gasteiger partial charge in [-0.1, -0.05) is 42.5 Å². The summed E-state index contributed by atoms with van der Waals surface area (Å²) in [4.78, 5) is 24.8. The molecule has 2 rings (SSSR count). The van der Waals surface area contributed by atoms with Gasteiger partial charge < -0.3 is 15.4 Å². The quantitative estimate of drug-likeness (QED) is 0.765. The van der Waals surface area contributed by atoms with Crippen LogP contribution >= 0.6 is 0 Å². The summed E-state index contributed by atoms with van der Waals surface area (Å²) in [5.74, 6) is -1.55. The molecular weight excluding hydrogens is 361 g/mol. The second-order valence-electron chi connectivity index (χ2n) is 5.80. The van der Waals surface area contributed by atoms with E-state index in [0.717, 1.165) is 17.7 Å². The van der Waals surface area contributed by atoms with Crippen LogP contribution in [0.4, 0.5) is 13.2 Å². The second kappa shape index (κ2) is 9.07. The Hall–Kier alpha value is -3.03. The number of nitrogens with two attached hydrogens (primary N) is 1. The molecule has 2 amide bonds. The summed E-state index contributed by atoms with van der Waals surface area (Å²) in [7, 11) is 0. The fourth-order valence-electron chi connectivity index (χ4n) is 2.40. The number of primary amides is 1. The van der Waals surface area contributed by atoms with Gasteiger partial charge in [-0.25, -0.2) is 0 Å². The predicted octanol–water partition coefficient (Wildman–Crippen LogP) is 2.99. The molecule has 8 heteroatoms. The number of amides is 2. The first kappa shape index (κ1) is 20.3. The average molecular weight is 380 g/mol. The summed E-state index contributed by atoms with van der Waals surface area (Å²) in [5.41, 5.74) is 4.99. The molecule has 0 spiro atoms. The summed E-state index contributed by atoms with van der Waals surface area (Å²) in [6.07, 6.45) is -4.65. The molecule has 0 radical (unpaired) electrons. The normalized spacial score (nSPS) is 11.1. The Bertz CT molecular complexity index is 779. The molecule has 0 unspecified atom stereocenters. The van der Waals surface area contributed by atoms with Crippen LogP contribution in [0.5, 0.6) is 5.75 Å². The topological polar surface area (TPSA) is 72.6 Å². The maximum atomic E-state index is 13.0. The molecule has 0 aromatic heterocycles. The molecule has 2 aromatic carbocycles. The Labute approximate surface area is 154 Å². The lowest BCUT2D eigenvalue weighted by molar-refractivity contribution is -0.141. The summed E-state index contributed by atoms with van der Waals surface area (Å²) in [5, 5.41) is 0. The van der Waals surface area contributed by atoms with Crippen molar-refractivity contribution < 1.29 is 27.5 Å². The average Bonchev–Trinajstić information content (AvgIpc) is 2.63. The number of para-hydroxylation sites is 1. The van der Waals surface area contributed by atoms with Crippen molar-refractivity contribution in [3.8, 4) is 5.75 Å². The van der Waals surface area contributed by atoms with Crippen molar-refractivity contribution in [1.82, 2.24) is 4.90 Å². The Balaban J connectivity index is 2.08. The highest BCUT2D eigenvalue weighted by Crippen LogP contribution is 2.35. The van der Waals surface area contributed by atoms with Crippen molar-refractivity contribution in [2.24, 2.45) is 5.73 Å². The summed E-state index contributed by atoms with van der Waals surface area (Å²) in [6, 6.07) is 13.7. The van der Waals surface area contributed by atoms with E-state index in [1.165, 1.54) is 17.0 Å². The van der Waals surface area contributed by atoms with E-state index in [0.29, 0.717) is 0 Å². The minimum atomic E-state index is -4.59. The molecule has 0 aliphatic carbocycles. The van der Waals surface area contributed by atoms with Crippen LogP contribution < -0.4 is 10.5 Å². The second-order valence-corrected chi connectivity index (χ2v) is 5.80. The SMILES string of the molecule is NC(=O)CCN(Cc1ccccc1)C(=O)COc1ccccc1C(F)(F)F. The first-order valence-electron chi connectivity index (χ1n) is 8.16. The van der Waals surface area contributed by atoms with E-state index in [1.807, 2.05) is 6.07 Å². The van der Waals surface area contributed by atoms with Crippen LogP contribution in [0.3, 0.4) is 0 Å². The fourth-order valence-corrected chi connectivity index (χ4v) is 2.40.